The quantitative estimate of drug-likeness (QED) is 0.720. The fraction of sp³-hybridized carbons (Fsp3) is 1.00. The summed E-state index contributed by atoms with van der Waals surface area (Å²) < 4.78 is 0. The molecule has 0 aromatic heterocycles. The van der Waals surface area contributed by atoms with E-state index in [1.807, 2.05) is 0 Å². The highest BCUT2D eigenvalue weighted by Crippen LogP contribution is 2.33. The van der Waals surface area contributed by atoms with Gasteiger partial charge in [0.1, 0.15) is 0 Å². The van der Waals surface area contributed by atoms with Crippen LogP contribution in [-0.4, -0.2) is 18.6 Å². The van der Waals surface area contributed by atoms with E-state index in [0.29, 0.717) is 6.04 Å². The maximum absolute atomic E-state index is 5.97. The largest absolute Gasteiger partial charge is 0.328 e. The second kappa shape index (κ2) is 4.63. The third-order valence-corrected chi connectivity index (χ3v) is 3.94. The highest BCUT2D eigenvalue weighted by Gasteiger charge is 2.35. The average Bonchev–Trinajstić information content (AvgIpc) is 2.93. The maximum Gasteiger partial charge on any atom is 0.00991 e. The lowest BCUT2D eigenvalue weighted by Crippen LogP contribution is -2.34. The first-order valence-electron chi connectivity index (χ1n) is 6.28. The molecule has 2 rings (SSSR count). The van der Waals surface area contributed by atoms with Gasteiger partial charge in [0.25, 0.3) is 0 Å². The van der Waals surface area contributed by atoms with Gasteiger partial charge in [-0.2, -0.15) is 0 Å². The maximum atomic E-state index is 5.97. The van der Waals surface area contributed by atoms with Gasteiger partial charge in [0.15, 0.2) is 0 Å². The molecule has 0 spiro atoms. The van der Waals surface area contributed by atoms with Gasteiger partial charge in [-0.1, -0.05) is 19.8 Å². The van der Waals surface area contributed by atoms with Crippen LogP contribution < -0.4 is 11.1 Å². The fourth-order valence-electron chi connectivity index (χ4n) is 2.78. The van der Waals surface area contributed by atoms with Crippen LogP contribution >= 0.6 is 0 Å². The van der Waals surface area contributed by atoms with Gasteiger partial charge in [0, 0.05) is 12.1 Å². The van der Waals surface area contributed by atoms with Crippen LogP contribution in [0.25, 0.3) is 0 Å². The molecule has 0 heterocycles. The van der Waals surface area contributed by atoms with Crippen molar-refractivity contribution < 1.29 is 0 Å². The smallest absolute Gasteiger partial charge is 0.00991 e. The first-order chi connectivity index (χ1) is 6.79. The monoisotopic (exact) mass is 196 g/mol. The second-order valence-corrected chi connectivity index (χ2v) is 5.21. The molecule has 0 saturated heterocycles. The van der Waals surface area contributed by atoms with Gasteiger partial charge in [0.05, 0.1) is 0 Å². The molecule has 0 amide bonds. The lowest BCUT2D eigenvalue weighted by Gasteiger charge is -2.26. The molecule has 0 radical (unpaired) electrons. The third kappa shape index (κ3) is 2.71. The molecule has 3 N–H and O–H groups in total. The van der Waals surface area contributed by atoms with Crippen molar-refractivity contribution >= 4 is 0 Å². The van der Waals surface area contributed by atoms with Crippen LogP contribution in [0.4, 0.5) is 0 Å². The second-order valence-electron chi connectivity index (χ2n) is 5.21. The number of hydrogen-bond acceptors (Lipinski definition) is 2. The van der Waals surface area contributed by atoms with E-state index < -0.39 is 0 Å². The zero-order valence-electron chi connectivity index (χ0n) is 9.34. The Labute approximate surface area is 87.6 Å². The normalized spacial score (nSPS) is 42.4. The zero-order valence-corrected chi connectivity index (χ0v) is 9.34. The van der Waals surface area contributed by atoms with Crippen LogP contribution in [0.3, 0.4) is 0 Å². The molecule has 2 aliphatic rings. The Morgan fingerprint density at radius 2 is 2.14 bits per heavy atom. The van der Waals surface area contributed by atoms with Crippen LogP contribution in [0, 0.1) is 11.8 Å². The Hall–Kier alpha value is -0.0800. The van der Waals surface area contributed by atoms with Crippen molar-refractivity contribution in [3.05, 3.63) is 0 Å². The van der Waals surface area contributed by atoms with E-state index >= 15 is 0 Å². The Kier molecular flexibility index (Phi) is 3.45. The molecule has 4 unspecified atom stereocenters. The van der Waals surface area contributed by atoms with Crippen LogP contribution in [0.15, 0.2) is 0 Å². The van der Waals surface area contributed by atoms with Gasteiger partial charge in [-0.3, -0.25) is 0 Å². The van der Waals surface area contributed by atoms with E-state index in [1.165, 1.54) is 45.1 Å². The summed E-state index contributed by atoms with van der Waals surface area (Å²) in [6, 6.07) is 1.33. The van der Waals surface area contributed by atoms with Gasteiger partial charge in [-0.05, 0) is 44.1 Å². The van der Waals surface area contributed by atoms with Crippen molar-refractivity contribution in [2.24, 2.45) is 17.6 Å². The average molecular weight is 196 g/mol. The van der Waals surface area contributed by atoms with E-state index in [1.54, 1.807) is 0 Å². The Balaban J connectivity index is 1.61. The molecule has 0 aromatic carbocycles. The lowest BCUT2D eigenvalue weighted by atomic mass is 9.86. The molecule has 2 aliphatic carbocycles. The fourth-order valence-corrected chi connectivity index (χ4v) is 2.78. The molecule has 2 saturated carbocycles. The van der Waals surface area contributed by atoms with E-state index in [0.717, 1.165) is 17.9 Å². The van der Waals surface area contributed by atoms with E-state index in [9.17, 15) is 0 Å². The standard InChI is InChI=1S/C12H24N2/c1-2-10-7-12(10)14-8-9-4-3-5-11(13)6-9/h9-12,14H,2-8,13H2,1H3. The molecule has 2 nitrogen and oxygen atoms in total. The highest BCUT2D eigenvalue weighted by atomic mass is 15.0. The molecular weight excluding hydrogens is 172 g/mol. The highest BCUT2D eigenvalue weighted by molar-refractivity contribution is 4.92. The van der Waals surface area contributed by atoms with Crippen LogP contribution in [0.1, 0.15) is 45.4 Å². The summed E-state index contributed by atoms with van der Waals surface area (Å²) in [5, 5.41) is 3.69. The lowest BCUT2D eigenvalue weighted by molar-refractivity contribution is 0.308. The molecule has 0 aromatic rings. The van der Waals surface area contributed by atoms with Gasteiger partial charge in [0.2, 0.25) is 0 Å². The summed E-state index contributed by atoms with van der Waals surface area (Å²) in [4.78, 5) is 0. The van der Waals surface area contributed by atoms with Crippen molar-refractivity contribution in [2.45, 2.75) is 57.5 Å². The Bertz CT molecular complexity index is 181. The summed E-state index contributed by atoms with van der Waals surface area (Å²) in [5.41, 5.74) is 5.97. The molecule has 4 atom stereocenters. The summed E-state index contributed by atoms with van der Waals surface area (Å²) in [6.07, 6.45) is 7.99. The van der Waals surface area contributed by atoms with Crippen LogP contribution in [0.5, 0.6) is 0 Å². The van der Waals surface area contributed by atoms with E-state index in [4.69, 9.17) is 5.73 Å². The van der Waals surface area contributed by atoms with Crippen molar-refractivity contribution in [3.63, 3.8) is 0 Å². The van der Waals surface area contributed by atoms with Crippen LogP contribution in [0.2, 0.25) is 0 Å². The van der Waals surface area contributed by atoms with Crippen molar-refractivity contribution in [2.75, 3.05) is 6.54 Å². The molecule has 0 bridgehead atoms. The molecular formula is C12H24N2. The number of nitrogens with two attached hydrogens (primary N) is 1. The minimum absolute atomic E-state index is 0.483. The molecule has 2 fully saturated rings. The Morgan fingerprint density at radius 1 is 1.29 bits per heavy atom. The zero-order chi connectivity index (χ0) is 9.97. The first-order valence-corrected chi connectivity index (χ1v) is 6.28. The van der Waals surface area contributed by atoms with Gasteiger partial charge in [-0.25, -0.2) is 0 Å². The predicted octanol–water partition coefficient (Wildman–Crippen LogP) is 1.89. The summed E-state index contributed by atoms with van der Waals surface area (Å²) in [6.45, 7) is 3.51. The molecule has 0 aliphatic heterocycles. The predicted molar refractivity (Wildman–Crippen MR) is 60.1 cm³/mol. The number of rotatable bonds is 4. The number of nitrogens with one attached hydrogen (secondary N) is 1. The summed E-state index contributed by atoms with van der Waals surface area (Å²) in [7, 11) is 0. The SMILES string of the molecule is CCC1CC1NCC1CCCC(N)C1. The molecule has 14 heavy (non-hydrogen) atoms. The minimum atomic E-state index is 0.483. The third-order valence-electron chi connectivity index (χ3n) is 3.94. The van der Waals surface area contributed by atoms with Gasteiger partial charge in [-0.15, -0.1) is 0 Å². The van der Waals surface area contributed by atoms with Crippen LogP contribution in [-0.2, 0) is 0 Å². The molecule has 2 heteroatoms. The van der Waals surface area contributed by atoms with E-state index in [2.05, 4.69) is 12.2 Å². The van der Waals surface area contributed by atoms with Crippen molar-refractivity contribution in [1.29, 1.82) is 0 Å². The van der Waals surface area contributed by atoms with Gasteiger partial charge >= 0.3 is 0 Å². The minimum Gasteiger partial charge on any atom is -0.328 e. The summed E-state index contributed by atoms with van der Waals surface area (Å²) in [5.74, 6) is 1.84. The first kappa shape index (κ1) is 10.4. The van der Waals surface area contributed by atoms with Crippen molar-refractivity contribution in [1.82, 2.24) is 5.32 Å². The Morgan fingerprint density at radius 3 is 2.79 bits per heavy atom. The topological polar surface area (TPSA) is 38.0 Å². The number of hydrogen-bond donors (Lipinski definition) is 2. The molecule has 82 valence electrons. The van der Waals surface area contributed by atoms with Crippen molar-refractivity contribution in [3.8, 4) is 0 Å². The summed E-state index contributed by atoms with van der Waals surface area (Å²) >= 11 is 0. The van der Waals surface area contributed by atoms with Gasteiger partial charge < -0.3 is 11.1 Å². The van der Waals surface area contributed by atoms with E-state index in [-0.39, 0.29) is 0 Å².